The van der Waals surface area contributed by atoms with Crippen LogP contribution in [-0.4, -0.2) is 23.3 Å². The highest BCUT2D eigenvalue weighted by Crippen LogP contribution is 2.14. The Labute approximate surface area is 109 Å². The van der Waals surface area contributed by atoms with Crippen molar-refractivity contribution in [1.82, 2.24) is 10.0 Å². The number of nitrogens with one attached hydrogen (secondary N) is 1. The number of carbonyl (C=O) groups is 1. The summed E-state index contributed by atoms with van der Waals surface area (Å²) in [5.74, 6) is -1.68. The number of alkyl halides is 3. The number of rotatable bonds is 4. The zero-order valence-corrected chi connectivity index (χ0v) is 9.94. The third kappa shape index (κ3) is 3.38. The minimum absolute atomic E-state index is 0.279. The Hall–Kier alpha value is -2.29. The van der Waals surface area contributed by atoms with Gasteiger partial charge >= 0.3 is 11.9 Å². The van der Waals surface area contributed by atoms with E-state index in [1.807, 2.05) is 0 Å². The second-order valence-corrected chi connectivity index (χ2v) is 3.85. The summed E-state index contributed by atoms with van der Waals surface area (Å²) in [7, 11) is 0. The first-order valence-electron chi connectivity index (χ1n) is 5.42. The summed E-state index contributed by atoms with van der Waals surface area (Å²) in [5, 5.41) is 0. The number of hydroxylamine groups is 1. The number of oxazole rings is 1. The van der Waals surface area contributed by atoms with E-state index >= 15 is 0 Å². The molecule has 2 aromatic rings. The minimum Gasteiger partial charge on any atom is -0.408 e. The van der Waals surface area contributed by atoms with E-state index in [0.717, 1.165) is 4.57 Å². The summed E-state index contributed by atoms with van der Waals surface area (Å²) in [4.78, 5) is 26.9. The average molecular weight is 290 g/mol. The molecule has 1 aromatic carbocycles. The normalized spacial score (nSPS) is 11.8. The van der Waals surface area contributed by atoms with Crippen LogP contribution in [0.1, 0.15) is 0 Å². The fourth-order valence-electron chi connectivity index (χ4n) is 1.54. The molecule has 1 aromatic heterocycles. The van der Waals surface area contributed by atoms with Crippen molar-refractivity contribution in [3.05, 3.63) is 34.8 Å². The van der Waals surface area contributed by atoms with Gasteiger partial charge in [0.05, 0.1) is 5.52 Å². The Morgan fingerprint density at radius 2 is 2.05 bits per heavy atom. The molecule has 0 radical (unpaired) electrons. The van der Waals surface area contributed by atoms with Gasteiger partial charge in [-0.3, -0.25) is 14.2 Å². The number of halogens is 3. The second kappa shape index (κ2) is 5.37. The first-order valence-corrected chi connectivity index (χ1v) is 5.42. The lowest BCUT2D eigenvalue weighted by molar-refractivity contribution is -0.191. The van der Waals surface area contributed by atoms with E-state index in [9.17, 15) is 22.8 Å². The minimum atomic E-state index is -4.55. The van der Waals surface area contributed by atoms with E-state index in [1.165, 1.54) is 6.07 Å². The maximum atomic E-state index is 11.8. The van der Waals surface area contributed by atoms with E-state index in [1.54, 1.807) is 23.7 Å². The smallest absolute Gasteiger partial charge is 0.408 e. The summed E-state index contributed by atoms with van der Waals surface area (Å²) in [6.07, 6.45) is -4.55. The van der Waals surface area contributed by atoms with Crippen molar-refractivity contribution >= 4 is 17.0 Å². The fraction of sp³-hybridized carbons (Fsp3) is 0.273. The molecule has 2 rings (SSSR count). The molecule has 0 aliphatic heterocycles. The molecule has 0 bridgehead atoms. The number of aromatic nitrogens is 1. The van der Waals surface area contributed by atoms with E-state index in [2.05, 4.69) is 4.84 Å². The van der Waals surface area contributed by atoms with Crippen LogP contribution in [0.4, 0.5) is 13.2 Å². The first-order chi connectivity index (χ1) is 9.37. The van der Waals surface area contributed by atoms with Crippen LogP contribution >= 0.6 is 0 Å². The fourth-order valence-corrected chi connectivity index (χ4v) is 1.54. The van der Waals surface area contributed by atoms with Crippen molar-refractivity contribution < 1.29 is 27.2 Å². The van der Waals surface area contributed by atoms with Gasteiger partial charge in [0, 0.05) is 0 Å². The van der Waals surface area contributed by atoms with Crippen LogP contribution in [0.3, 0.4) is 0 Å². The van der Waals surface area contributed by atoms with Crippen LogP contribution < -0.4 is 11.2 Å². The molecule has 0 saturated carbocycles. The average Bonchev–Trinajstić information content (AvgIpc) is 2.64. The molecule has 20 heavy (non-hydrogen) atoms. The number of hydrogen-bond donors (Lipinski definition) is 1. The SMILES string of the molecule is O=C(Cn1c(=O)oc2ccccc21)NOCC(F)(F)F. The lowest BCUT2D eigenvalue weighted by atomic mass is 10.3. The van der Waals surface area contributed by atoms with Gasteiger partial charge in [0.25, 0.3) is 5.91 Å². The van der Waals surface area contributed by atoms with E-state index in [-0.39, 0.29) is 5.58 Å². The van der Waals surface area contributed by atoms with Gasteiger partial charge in [-0.1, -0.05) is 12.1 Å². The van der Waals surface area contributed by atoms with Crippen molar-refractivity contribution in [2.75, 3.05) is 6.61 Å². The van der Waals surface area contributed by atoms with Gasteiger partial charge in [-0.05, 0) is 12.1 Å². The molecule has 6 nitrogen and oxygen atoms in total. The van der Waals surface area contributed by atoms with Gasteiger partial charge in [0.1, 0.15) is 6.54 Å². The highest BCUT2D eigenvalue weighted by molar-refractivity contribution is 5.78. The second-order valence-electron chi connectivity index (χ2n) is 3.85. The lowest BCUT2D eigenvalue weighted by Gasteiger charge is -2.08. The molecule has 0 spiro atoms. The molecule has 108 valence electrons. The lowest BCUT2D eigenvalue weighted by Crippen LogP contribution is -2.33. The molecule has 1 heterocycles. The third-order valence-electron chi connectivity index (χ3n) is 2.30. The summed E-state index contributed by atoms with van der Waals surface area (Å²) in [6, 6.07) is 6.35. The van der Waals surface area contributed by atoms with E-state index in [4.69, 9.17) is 4.42 Å². The molecule has 1 N–H and O–H groups in total. The predicted molar refractivity (Wildman–Crippen MR) is 60.6 cm³/mol. The first kappa shape index (κ1) is 14.1. The Morgan fingerprint density at radius 3 is 2.75 bits per heavy atom. The summed E-state index contributed by atoms with van der Waals surface area (Å²) in [6.45, 7) is -2.12. The molecule has 9 heteroatoms. The molecule has 0 fully saturated rings. The van der Waals surface area contributed by atoms with Gasteiger partial charge in [0.2, 0.25) is 0 Å². The third-order valence-corrected chi connectivity index (χ3v) is 2.30. The summed E-state index contributed by atoms with van der Waals surface area (Å²) < 4.78 is 41.3. The van der Waals surface area contributed by atoms with Crippen LogP contribution in [-0.2, 0) is 16.2 Å². The zero-order valence-electron chi connectivity index (χ0n) is 9.94. The maximum absolute atomic E-state index is 11.8. The summed E-state index contributed by atoms with van der Waals surface area (Å²) in [5.41, 5.74) is 2.25. The van der Waals surface area contributed by atoms with Crippen LogP contribution in [0.2, 0.25) is 0 Å². The van der Waals surface area contributed by atoms with Crippen molar-refractivity contribution in [3.8, 4) is 0 Å². The molecule has 0 aliphatic rings. The molecular weight excluding hydrogens is 281 g/mol. The largest absolute Gasteiger partial charge is 0.420 e. The van der Waals surface area contributed by atoms with Gasteiger partial charge in [0.15, 0.2) is 12.2 Å². The number of benzene rings is 1. The quantitative estimate of drug-likeness (QED) is 0.859. The molecule has 0 unspecified atom stereocenters. The Kier molecular flexibility index (Phi) is 3.79. The van der Waals surface area contributed by atoms with Gasteiger partial charge in [-0.2, -0.15) is 13.2 Å². The maximum Gasteiger partial charge on any atom is 0.420 e. The molecule has 1 amide bonds. The number of hydrogen-bond acceptors (Lipinski definition) is 4. The monoisotopic (exact) mass is 290 g/mol. The number of amides is 1. The number of para-hydroxylation sites is 2. The van der Waals surface area contributed by atoms with Crippen molar-refractivity contribution in [2.45, 2.75) is 12.7 Å². The van der Waals surface area contributed by atoms with Crippen molar-refractivity contribution in [1.29, 1.82) is 0 Å². The number of carbonyl (C=O) groups excluding carboxylic acids is 1. The molecular formula is C11H9F3N2O4. The van der Waals surface area contributed by atoms with Crippen LogP contribution in [0.15, 0.2) is 33.5 Å². The van der Waals surface area contributed by atoms with Crippen LogP contribution in [0, 0.1) is 0 Å². The van der Waals surface area contributed by atoms with E-state index in [0.29, 0.717) is 5.52 Å². The Balaban J connectivity index is 2.03. The van der Waals surface area contributed by atoms with Crippen LogP contribution in [0.25, 0.3) is 11.1 Å². The van der Waals surface area contributed by atoms with Crippen molar-refractivity contribution in [2.24, 2.45) is 0 Å². The molecule has 0 atom stereocenters. The standard InChI is InChI=1S/C11H9F3N2O4/c12-11(13,14)6-19-15-9(17)5-16-7-3-1-2-4-8(7)20-10(16)18/h1-4H,5-6H2,(H,15,17). The molecule has 0 aliphatic carbocycles. The highest BCUT2D eigenvalue weighted by Gasteiger charge is 2.28. The highest BCUT2D eigenvalue weighted by atomic mass is 19.4. The predicted octanol–water partition coefficient (Wildman–Crippen LogP) is 1.20. The van der Waals surface area contributed by atoms with Crippen LogP contribution in [0.5, 0.6) is 0 Å². The van der Waals surface area contributed by atoms with Gasteiger partial charge in [-0.15, -0.1) is 0 Å². The van der Waals surface area contributed by atoms with Gasteiger partial charge in [-0.25, -0.2) is 10.3 Å². The molecule has 0 saturated heterocycles. The van der Waals surface area contributed by atoms with E-state index < -0.39 is 31.0 Å². The number of nitrogens with zero attached hydrogens (tertiary/aromatic N) is 1. The van der Waals surface area contributed by atoms with Gasteiger partial charge < -0.3 is 4.42 Å². The Bertz CT molecular complexity index is 674. The zero-order chi connectivity index (χ0) is 14.8. The summed E-state index contributed by atoms with van der Waals surface area (Å²) >= 11 is 0. The topological polar surface area (TPSA) is 73.5 Å². The van der Waals surface area contributed by atoms with Crippen molar-refractivity contribution in [3.63, 3.8) is 0 Å². The number of fused-ring (bicyclic) bond motifs is 1. The Morgan fingerprint density at radius 1 is 1.35 bits per heavy atom.